The standard InChI is InChI=1S/C11H15FOS/c1-2-3-4-7-13-11-6-5-9(14)8-10(11)12/h5-6,8,14H,2-4,7H2,1H3. The predicted octanol–water partition coefficient (Wildman–Crippen LogP) is 3.68. The molecule has 0 saturated carbocycles. The van der Waals surface area contributed by atoms with Crippen LogP contribution in [-0.2, 0) is 0 Å². The third kappa shape index (κ3) is 3.58. The zero-order valence-corrected chi connectivity index (χ0v) is 9.19. The van der Waals surface area contributed by atoms with Crippen LogP contribution in [0, 0.1) is 5.82 Å². The molecule has 0 aliphatic heterocycles. The van der Waals surface area contributed by atoms with Gasteiger partial charge in [0.1, 0.15) is 0 Å². The van der Waals surface area contributed by atoms with E-state index >= 15 is 0 Å². The molecule has 0 unspecified atom stereocenters. The Bertz CT molecular complexity index is 289. The number of rotatable bonds is 5. The Labute approximate surface area is 89.7 Å². The second-order valence-electron chi connectivity index (χ2n) is 3.17. The van der Waals surface area contributed by atoms with Crippen LogP contribution >= 0.6 is 12.6 Å². The SMILES string of the molecule is CCCCCOc1ccc(S)cc1F. The summed E-state index contributed by atoms with van der Waals surface area (Å²) in [6.07, 6.45) is 3.23. The molecule has 0 spiro atoms. The lowest BCUT2D eigenvalue weighted by atomic mass is 10.3. The van der Waals surface area contributed by atoms with Gasteiger partial charge < -0.3 is 4.74 Å². The molecule has 3 heteroatoms. The molecule has 0 heterocycles. The van der Waals surface area contributed by atoms with E-state index in [2.05, 4.69) is 19.6 Å². The lowest BCUT2D eigenvalue weighted by Gasteiger charge is -2.06. The highest BCUT2D eigenvalue weighted by Gasteiger charge is 2.02. The van der Waals surface area contributed by atoms with E-state index in [1.165, 1.54) is 6.07 Å². The lowest BCUT2D eigenvalue weighted by molar-refractivity contribution is 0.291. The Balaban J connectivity index is 2.42. The molecule has 1 rings (SSSR count). The Morgan fingerprint density at radius 2 is 2.14 bits per heavy atom. The average molecular weight is 214 g/mol. The van der Waals surface area contributed by atoms with Gasteiger partial charge in [-0.05, 0) is 24.6 Å². The normalized spacial score (nSPS) is 10.2. The molecule has 0 atom stereocenters. The molecule has 0 aliphatic carbocycles. The summed E-state index contributed by atoms with van der Waals surface area (Å²) in [5, 5.41) is 0. The van der Waals surface area contributed by atoms with Crippen molar-refractivity contribution in [1.82, 2.24) is 0 Å². The van der Waals surface area contributed by atoms with Crippen LogP contribution in [0.2, 0.25) is 0 Å². The first-order valence-corrected chi connectivity index (χ1v) is 5.30. The van der Waals surface area contributed by atoms with Crippen molar-refractivity contribution in [2.75, 3.05) is 6.61 Å². The van der Waals surface area contributed by atoms with Gasteiger partial charge in [-0.1, -0.05) is 19.8 Å². The van der Waals surface area contributed by atoms with Crippen molar-refractivity contribution in [3.63, 3.8) is 0 Å². The van der Waals surface area contributed by atoms with Crippen LogP contribution in [0.15, 0.2) is 23.1 Å². The third-order valence-electron chi connectivity index (χ3n) is 1.92. The average Bonchev–Trinajstić information content (AvgIpc) is 2.15. The van der Waals surface area contributed by atoms with Crippen molar-refractivity contribution in [2.45, 2.75) is 31.1 Å². The molecule has 0 amide bonds. The fraction of sp³-hybridized carbons (Fsp3) is 0.455. The van der Waals surface area contributed by atoms with Crippen LogP contribution in [0.5, 0.6) is 5.75 Å². The second-order valence-corrected chi connectivity index (χ2v) is 3.69. The first-order valence-electron chi connectivity index (χ1n) is 4.85. The number of ether oxygens (including phenoxy) is 1. The number of halogens is 1. The van der Waals surface area contributed by atoms with E-state index in [9.17, 15) is 4.39 Å². The predicted molar refractivity (Wildman–Crippen MR) is 58.7 cm³/mol. The Morgan fingerprint density at radius 3 is 2.79 bits per heavy atom. The van der Waals surface area contributed by atoms with Crippen LogP contribution in [0.3, 0.4) is 0 Å². The number of benzene rings is 1. The van der Waals surface area contributed by atoms with Gasteiger partial charge >= 0.3 is 0 Å². The van der Waals surface area contributed by atoms with E-state index in [1.807, 2.05) is 0 Å². The minimum absolute atomic E-state index is 0.318. The maximum absolute atomic E-state index is 13.2. The summed E-state index contributed by atoms with van der Waals surface area (Å²) >= 11 is 4.03. The van der Waals surface area contributed by atoms with Crippen LogP contribution in [0.1, 0.15) is 26.2 Å². The zero-order chi connectivity index (χ0) is 10.4. The van der Waals surface area contributed by atoms with Crippen LogP contribution in [0.4, 0.5) is 4.39 Å². The van der Waals surface area contributed by atoms with E-state index < -0.39 is 0 Å². The molecule has 0 aliphatic rings. The van der Waals surface area contributed by atoms with Crippen molar-refractivity contribution in [2.24, 2.45) is 0 Å². The number of hydrogen-bond donors (Lipinski definition) is 1. The van der Waals surface area contributed by atoms with E-state index in [0.717, 1.165) is 19.3 Å². The maximum atomic E-state index is 13.2. The lowest BCUT2D eigenvalue weighted by Crippen LogP contribution is -1.98. The molecule has 0 fully saturated rings. The minimum atomic E-state index is -0.339. The molecular weight excluding hydrogens is 199 g/mol. The van der Waals surface area contributed by atoms with E-state index in [1.54, 1.807) is 12.1 Å². The first-order chi connectivity index (χ1) is 6.74. The van der Waals surface area contributed by atoms with Crippen molar-refractivity contribution in [1.29, 1.82) is 0 Å². The monoisotopic (exact) mass is 214 g/mol. The van der Waals surface area contributed by atoms with Crippen molar-refractivity contribution in [3.8, 4) is 5.75 Å². The minimum Gasteiger partial charge on any atom is -0.491 e. The highest BCUT2D eigenvalue weighted by molar-refractivity contribution is 7.80. The molecule has 1 nitrogen and oxygen atoms in total. The van der Waals surface area contributed by atoms with E-state index in [0.29, 0.717) is 17.3 Å². The van der Waals surface area contributed by atoms with Gasteiger partial charge in [0, 0.05) is 4.90 Å². The van der Waals surface area contributed by atoms with Crippen molar-refractivity contribution >= 4 is 12.6 Å². The molecule has 0 saturated heterocycles. The van der Waals surface area contributed by atoms with E-state index in [-0.39, 0.29) is 5.82 Å². The van der Waals surface area contributed by atoms with Crippen LogP contribution in [0.25, 0.3) is 0 Å². The largest absolute Gasteiger partial charge is 0.491 e. The summed E-state index contributed by atoms with van der Waals surface area (Å²) in [5.74, 6) is -0.0205. The summed E-state index contributed by atoms with van der Waals surface area (Å²) in [5.41, 5.74) is 0. The van der Waals surface area contributed by atoms with Gasteiger partial charge in [-0.25, -0.2) is 4.39 Å². The van der Waals surface area contributed by atoms with Gasteiger partial charge in [0.2, 0.25) is 0 Å². The molecule has 1 aromatic rings. The third-order valence-corrected chi connectivity index (χ3v) is 2.20. The Hall–Kier alpha value is -0.700. The molecule has 0 N–H and O–H groups in total. The quantitative estimate of drug-likeness (QED) is 0.581. The molecular formula is C11H15FOS. The molecule has 1 aromatic carbocycles. The van der Waals surface area contributed by atoms with Gasteiger partial charge in [-0.3, -0.25) is 0 Å². The highest BCUT2D eigenvalue weighted by atomic mass is 32.1. The highest BCUT2D eigenvalue weighted by Crippen LogP contribution is 2.20. The number of thiol groups is 1. The Morgan fingerprint density at radius 1 is 1.36 bits per heavy atom. The van der Waals surface area contributed by atoms with Gasteiger partial charge in [0.05, 0.1) is 6.61 Å². The molecule has 14 heavy (non-hydrogen) atoms. The van der Waals surface area contributed by atoms with Gasteiger partial charge in [-0.15, -0.1) is 12.6 Å². The van der Waals surface area contributed by atoms with Crippen molar-refractivity contribution < 1.29 is 9.13 Å². The topological polar surface area (TPSA) is 9.23 Å². The summed E-state index contributed by atoms with van der Waals surface area (Å²) in [7, 11) is 0. The van der Waals surface area contributed by atoms with Crippen molar-refractivity contribution in [3.05, 3.63) is 24.0 Å². The van der Waals surface area contributed by atoms with Gasteiger partial charge in [0.25, 0.3) is 0 Å². The van der Waals surface area contributed by atoms with Gasteiger partial charge in [0.15, 0.2) is 11.6 Å². The number of unbranched alkanes of at least 4 members (excludes halogenated alkanes) is 2. The number of hydrogen-bond acceptors (Lipinski definition) is 2. The van der Waals surface area contributed by atoms with Gasteiger partial charge in [-0.2, -0.15) is 0 Å². The molecule has 0 aromatic heterocycles. The summed E-state index contributed by atoms with van der Waals surface area (Å²) < 4.78 is 18.5. The fourth-order valence-corrected chi connectivity index (χ4v) is 1.33. The van der Waals surface area contributed by atoms with Crippen LogP contribution < -0.4 is 4.74 Å². The summed E-state index contributed by atoms with van der Waals surface area (Å²) in [6, 6.07) is 4.70. The van der Waals surface area contributed by atoms with E-state index in [4.69, 9.17) is 4.74 Å². The molecule has 0 bridgehead atoms. The second kappa shape index (κ2) is 5.91. The maximum Gasteiger partial charge on any atom is 0.166 e. The van der Waals surface area contributed by atoms with Crippen LogP contribution in [-0.4, -0.2) is 6.61 Å². The zero-order valence-electron chi connectivity index (χ0n) is 8.29. The summed E-state index contributed by atoms with van der Waals surface area (Å²) in [4.78, 5) is 0.614. The summed E-state index contributed by atoms with van der Waals surface area (Å²) in [6.45, 7) is 2.70. The smallest absolute Gasteiger partial charge is 0.166 e. The Kier molecular flexibility index (Phi) is 4.80. The molecule has 78 valence electrons. The molecule has 0 radical (unpaired) electrons. The fourth-order valence-electron chi connectivity index (χ4n) is 1.14. The first kappa shape index (κ1) is 11.4.